The van der Waals surface area contributed by atoms with Crippen LogP contribution in [0, 0.1) is 0 Å². The number of rotatable bonds is 6. The minimum Gasteiger partial charge on any atom is -0.456 e. The van der Waals surface area contributed by atoms with E-state index in [1.807, 2.05) is 84.9 Å². The number of pyridine rings is 1. The number of furan rings is 2. The van der Waals surface area contributed by atoms with Crippen LogP contribution in [0.5, 0.6) is 0 Å². The first-order valence-corrected chi connectivity index (χ1v) is 18.5. The molecule has 0 fully saturated rings. The van der Waals surface area contributed by atoms with E-state index >= 15 is 0 Å². The quantitative estimate of drug-likeness (QED) is 0.170. The van der Waals surface area contributed by atoms with Gasteiger partial charge in [0.05, 0.1) is 0 Å². The molecule has 4 heterocycles. The minimum atomic E-state index is 0.580. The number of aromatic nitrogens is 4. The molecule has 0 saturated carbocycles. The highest BCUT2D eigenvalue weighted by atomic mass is 16.3. The summed E-state index contributed by atoms with van der Waals surface area (Å²) in [4.78, 5) is 19.6. The molecule has 262 valence electrons. The van der Waals surface area contributed by atoms with E-state index in [9.17, 15) is 0 Å². The van der Waals surface area contributed by atoms with Gasteiger partial charge in [0.2, 0.25) is 0 Å². The van der Waals surface area contributed by atoms with Crippen molar-refractivity contribution < 1.29 is 8.83 Å². The molecule has 6 nitrogen and oxygen atoms in total. The van der Waals surface area contributed by atoms with Crippen LogP contribution in [0.3, 0.4) is 0 Å². The molecule has 0 bridgehead atoms. The van der Waals surface area contributed by atoms with Crippen LogP contribution < -0.4 is 0 Å². The number of nitrogens with zero attached hydrogens (tertiary/aromatic N) is 4. The summed E-state index contributed by atoms with van der Waals surface area (Å²) in [6, 6.07) is 58.2. The zero-order valence-electron chi connectivity index (χ0n) is 29.9. The zero-order valence-corrected chi connectivity index (χ0v) is 29.9. The normalized spacial score (nSPS) is 11.6. The van der Waals surface area contributed by atoms with Gasteiger partial charge >= 0.3 is 0 Å². The molecular formula is C50H30N4O2. The van der Waals surface area contributed by atoms with Crippen molar-refractivity contribution in [2.75, 3.05) is 0 Å². The molecule has 0 radical (unpaired) electrons. The summed E-state index contributed by atoms with van der Waals surface area (Å²) >= 11 is 0. The Morgan fingerprint density at radius 2 is 0.714 bits per heavy atom. The van der Waals surface area contributed by atoms with Gasteiger partial charge in [-0.2, -0.15) is 0 Å². The molecule has 7 aromatic carbocycles. The fourth-order valence-electron chi connectivity index (χ4n) is 7.63. The van der Waals surface area contributed by atoms with Gasteiger partial charge in [0.1, 0.15) is 22.3 Å². The van der Waals surface area contributed by atoms with Crippen molar-refractivity contribution >= 4 is 43.9 Å². The Bertz CT molecular complexity index is 3130. The zero-order chi connectivity index (χ0) is 37.0. The van der Waals surface area contributed by atoms with E-state index in [1.54, 1.807) is 12.4 Å². The predicted octanol–water partition coefficient (Wildman–Crippen LogP) is 13.1. The maximum atomic E-state index is 6.21. The van der Waals surface area contributed by atoms with E-state index in [1.165, 1.54) is 0 Å². The monoisotopic (exact) mass is 718 g/mol. The SMILES string of the molecule is c1ccc(-c2nc(-c3cccc(-c4ccncc4)c3)nc(-c3cc(-c4ccc5oc6ccccc6c5c4)cc(-c4ccc5oc6ccccc6c5c4)c3)n2)cc1. The molecule has 4 aromatic heterocycles. The average molecular weight is 719 g/mol. The molecule has 0 spiro atoms. The molecule has 0 aliphatic rings. The summed E-state index contributed by atoms with van der Waals surface area (Å²) in [6.07, 6.45) is 3.61. The molecule has 6 heteroatoms. The van der Waals surface area contributed by atoms with Crippen molar-refractivity contribution in [2.45, 2.75) is 0 Å². The first kappa shape index (κ1) is 31.8. The highest BCUT2D eigenvalue weighted by Gasteiger charge is 2.17. The smallest absolute Gasteiger partial charge is 0.164 e. The second kappa shape index (κ2) is 13.0. The summed E-state index contributed by atoms with van der Waals surface area (Å²) < 4.78 is 12.4. The van der Waals surface area contributed by atoms with Gasteiger partial charge in [-0.1, -0.05) is 97.1 Å². The van der Waals surface area contributed by atoms with Crippen molar-refractivity contribution in [3.63, 3.8) is 0 Å². The van der Waals surface area contributed by atoms with Crippen molar-refractivity contribution in [1.82, 2.24) is 19.9 Å². The van der Waals surface area contributed by atoms with Gasteiger partial charge in [-0.05, 0) is 106 Å². The molecule has 56 heavy (non-hydrogen) atoms. The number of hydrogen-bond acceptors (Lipinski definition) is 6. The van der Waals surface area contributed by atoms with Gasteiger partial charge in [-0.25, -0.2) is 15.0 Å². The first-order chi connectivity index (χ1) is 27.7. The molecule has 0 aliphatic heterocycles. The average Bonchev–Trinajstić information content (AvgIpc) is 3.84. The second-order valence-electron chi connectivity index (χ2n) is 13.9. The fourth-order valence-corrected chi connectivity index (χ4v) is 7.63. The van der Waals surface area contributed by atoms with Gasteiger partial charge in [0.25, 0.3) is 0 Å². The van der Waals surface area contributed by atoms with Crippen LogP contribution >= 0.6 is 0 Å². The van der Waals surface area contributed by atoms with Crippen LogP contribution in [-0.4, -0.2) is 19.9 Å². The third kappa shape index (κ3) is 5.60. The van der Waals surface area contributed by atoms with Crippen molar-refractivity contribution in [3.05, 3.63) is 182 Å². The lowest BCUT2D eigenvalue weighted by Gasteiger charge is -2.13. The highest BCUT2D eigenvalue weighted by Crippen LogP contribution is 2.39. The molecular weight excluding hydrogens is 689 g/mol. The van der Waals surface area contributed by atoms with E-state index in [-0.39, 0.29) is 0 Å². The van der Waals surface area contributed by atoms with Crippen LogP contribution in [0.4, 0.5) is 0 Å². The summed E-state index contributed by atoms with van der Waals surface area (Å²) in [5.41, 5.74) is 12.4. The largest absolute Gasteiger partial charge is 0.456 e. The fraction of sp³-hybridized carbons (Fsp3) is 0. The maximum Gasteiger partial charge on any atom is 0.164 e. The Balaban J connectivity index is 1.13. The Hall–Kier alpha value is -7.70. The van der Waals surface area contributed by atoms with Gasteiger partial charge < -0.3 is 8.83 Å². The predicted molar refractivity (Wildman–Crippen MR) is 225 cm³/mol. The van der Waals surface area contributed by atoms with Crippen LogP contribution in [-0.2, 0) is 0 Å². The van der Waals surface area contributed by atoms with Gasteiger partial charge in [0, 0.05) is 50.6 Å². The van der Waals surface area contributed by atoms with Gasteiger partial charge in [-0.3, -0.25) is 4.98 Å². The molecule has 0 saturated heterocycles. The molecule has 0 N–H and O–H groups in total. The van der Waals surface area contributed by atoms with Gasteiger partial charge in [-0.15, -0.1) is 0 Å². The van der Waals surface area contributed by atoms with E-state index in [0.717, 1.165) is 93.9 Å². The Labute approximate surface area is 321 Å². The van der Waals surface area contributed by atoms with Crippen molar-refractivity contribution in [2.24, 2.45) is 0 Å². The Morgan fingerprint density at radius 3 is 1.34 bits per heavy atom. The highest BCUT2D eigenvalue weighted by molar-refractivity contribution is 6.07. The molecule has 11 aromatic rings. The minimum absolute atomic E-state index is 0.580. The third-order valence-corrected chi connectivity index (χ3v) is 10.4. The number of hydrogen-bond donors (Lipinski definition) is 0. The summed E-state index contributed by atoms with van der Waals surface area (Å²) in [5, 5.41) is 4.31. The van der Waals surface area contributed by atoms with Crippen LogP contribution in [0.25, 0.3) is 111 Å². The van der Waals surface area contributed by atoms with E-state index < -0.39 is 0 Å². The van der Waals surface area contributed by atoms with Gasteiger partial charge in [0.15, 0.2) is 17.5 Å². The van der Waals surface area contributed by atoms with Crippen LogP contribution in [0.2, 0.25) is 0 Å². The number of para-hydroxylation sites is 2. The van der Waals surface area contributed by atoms with Crippen LogP contribution in [0.1, 0.15) is 0 Å². The molecule has 0 atom stereocenters. The summed E-state index contributed by atoms with van der Waals surface area (Å²) in [7, 11) is 0. The lowest BCUT2D eigenvalue weighted by Crippen LogP contribution is -2.00. The summed E-state index contributed by atoms with van der Waals surface area (Å²) in [6.45, 7) is 0. The van der Waals surface area contributed by atoms with E-state index in [2.05, 4.69) is 89.9 Å². The molecule has 0 unspecified atom stereocenters. The summed E-state index contributed by atoms with van der Waals surface area (Å²) in [5.74, 6) is 1.77. The number of fused-ring (bicyclic) bond motifs is 6. The topological polar surface area (TPSA) is 77.8 Å². The molecule has 0 aliphatic carbocycles. The third-order valence-electron chi connectivity index (χ3n) is 10.4. The van der Waals surface area contributed by atoms with Crippen LogP contribution in [0.15, 0.2) is 191 Å². The first-order valence-electron chi connectivity index (χ1n) is 18.5. The van der Waals surface area contributed by atoms with Crippen molar-refractivity contribution in [3.8, 4) is 67.5 Å². The lowest BCUT2D eigenvalue weighted by molar-refractivity contribution is 0.668. The molecule has 11 rings (SSSR count). The second-order valence-corrected chi connectivity index (χ2v) is 13.9. The van der Waals surface area contributed by atoms with Crippen molar-refractivity contribution in [1.29, 1.82) is 0 Å². The Morgan fingerprint density at radius 1 is 0.268 bits per heavy atom. The number of benzene rings is 7. The van der Waals surface area contributed by atoms with E-state index in [4.69, 9.17) is 23.8 Å². The van der Waals surface area contributed by atoms with E-state index in [0.29, 0.717) is 17.5 Å². The standard InChI is InChI=1S/C50H30N4O2/c1-2-9-32(10-3-1)48-52-49(36-12-8-11-33(25-36)31-21-23-51-24-22-31)54-50(53-48)39-27-37(34-17-19-46-42(29-34)40-13-4-6-15-44(40)55-46)26-38(28-39)35-18-20-47-43(30-35)41-14-5-7-16-45(41)56-47/h1-30H. The lowest BCUT2D eigenvalue weighted by atomic mass is 9.94. The maximum absolute atomic E-state index is 6.21. The Kier molecular flexibility index (Phi) is 7.38. The molecule has 0 amide bonds.